The van der Waals surface area contributed by atoms with Gasteiger partial charge in [-0.3, -0.25) is 9.36 Å². The van der Waals surface area contributed by atoms with Crippen LogP contribution in [0, 0.1) is 0 Å². The first kappa shape index (κ1) is 25.3. The smallest absolute Gasteiger partial charge is 0.269 e. The third-order valence-corrected chi connectivity index (χ3v) is 11.0. The molecule has 6 aromatic rings. The molecule has 4 aromatic carbocycles. The molecular formula is C33H28N3OS3+. The van der Waals surface area contributed by atoms with Crippen LogP contribution in [0.25, 0.3) is 43.9 Å². The SMILES string of the molecule is CCN1/C(=C/C=c2\s/c(=C/c3sc4c5ccccc5ccc4[n+]3C)n(CC)c2=O)Sc2ccc3ccccc3c21. The van der Waals surface area contributed by atoms with E-state index < -0.39 is 0 Å². The maximum atomic E-state index is 13.5. The van der Waals surface area contributed by atoms with Gasteiger partial charge in [0.15, 0.2) is 0 Å². The summed E-state index contributed by atoms with van der Waals surface area (Å²) in [5, 5.41) is 7.31. The van der Waals surface area contributed by atoms with E-state index in [4.69, 9.17) is 0 Å². The van der Waals surface area contributed by atoms with Gasteiger partial charge in [0.25, 0.3) is 10.6 Å². The van der Waals surface area contributed by atoms with Crippen LogP contribution in [0.2, 0.25) is 0 Å². The van der Waals surface area contributed by atoms with E-state index in [1.54, 1.807) is 34.4 Å². The minimum Gasteiger partial charge on any atom is -0.335 e. The normalized spacial score (nSPS) is 15.4. The Morgan fingerprint density at radius 2 is 1.55 bits per heavy atom. The maximum absolute atomic E-state index is 13.5. The van der Waals surface area contributed by atoms with Crippen molar-refractivity contribution < 1.29 is 4.57 Å². The van der Waals surface area contributed by atoms with Gasteiger partial charge in [0.1, 0.15) is 16.4 Å². The fraction of sp³-hybridized carbons (Fsp3) is 0.152. The number of thiazole rings is 2. The molecule has 7 rings (SSSR count). The van der Waals surface area contributed by atoms with Crippen LogP contribution in [0.4, 0.5) is 5.69 Å². The van der Waals surface area contributed by atoms with Crippen LogP contribution in [-0.4, -0.2) is 11.1 Å². The number of anilines is 1. The molecule has 2 aromatic heterocycles. The van der Waals surface area contributed by atoms with Crippen LogP contribution in [0.15, 0.2) is 93.6 Å². The Balaban J connectivity index is 1.33. The van der Waals surface area contributed by atoms with Crippen molar-refractivity contribution >= 4 is 84.0 Å². The minimum atomic E-state index is 0.0684. The molecule has 0 spiro atoms. The molecule has 1 aliphatic heterocycles. The fourth-order valence-electron chi connectivity index (χ4n) is 5.54. The molecule has 0 bridgehead atoms. The van der Waals surface area contributed by atoms with Gasteiger partial charge in [-0.1, -0.05) is 77.7 Å². The standard InChI is InChI=1S/C33H28N3OS3/c1-4-35-28(38-26-17-15-21-10-6-8-12-23(21)31(26)35)19-18-27-33(37)36(5-2)30(39-27)20-29-34(3)25-16-14-22-11-7-9-13-24(22)32(25)40-29/h6-20H,4-5H2,1-3H3/q+1/b27-18-,28-19-. The number of hydrogen-bond acceptors (Lipinski definition) is 5. The number of fused-ring (bicyclic) bond motifs is 6. The molecule has 0 unspecified atom stereocenters. The predicted molar refractivity (Wildman–Crippen MR) is 173 cm³/mol. The Kier molecular flexibility index (Phi) is 6.38. The molecule has 0 amide bonds. The van der Waals surface area contributed by atoms with Gasteiger partial charge in [0.2, 0.25) is 5.52 Å². The molecule has 4 nitrogen and oxygen atoms in total. The summed E-state index contributed by atoms with van der Waals surface area (Å²) in [5.41, 5.74) is 2.54. The highest BCUT2D eigenvalue weighted by Crippen LogP contribution is 2.49. The van der Waals surface area contributed by atoms with E-state index in [0.717, 1.165) is 25.8 Å². The van der Waals surface area contributed by atoms with Crippen molar-refractivity contribution in [3.05, 3.63) is 108 Å². The van der Waals surface area contributed by atoms with E-state index in [9.17, 15) is 4.79 Å². The summed E-state index contributed by atoms with van der Waals surface area (Å²) >= 11 is 5.12. The monoisotopic (exact) mass is 578 g/mol. The van der Waals surface area contributed by atoms with Crippen molar-refractivity contribution in [1.29, 1.82) is 0 Å². The third kappa shape index (κ3) is 4.03. The van der Waals surface area contributed by atoms with Gasteiger partial charge in [-0.25, -0.2) is 0 Å². The van der Waals surface area contributed by atoms with Gasteiger partial charge in [0.05, 0.1) is 21.3 Å². The molecule has 0 N–H and O–H groups in total. The lowest BCUT2D eigenvalue weighted by atomic mass is 10.1. The quantitative estimate of drug-likeness (QED) is 0.228. The Hall–Kier alpha value is -3.65. The molecular weight excluding hydrogens is 551 g/mol. The summed E-state index contributed by atoms with van der Waals surface area (Å²) in [7, 11) is 2.11. The Bertz CT molecular complexity index is 2170. The lowest BCUT2D eigenvalue weighted by molar-refractivity contribution is -0.642. The van der Waals surface area contributed by atoms with Gasteiger partial charge in [-0.2, -0.15) is 4.57 Å². The minimum absolute atomic E-state index is 0.0684. The molecule has 198 valence electrons. The number of rotatable bonds is 4. The lowest BCUT2D eigenvalue weighted by Crippen LogP contribution is -2.32. The highest BCUT2D eigenvalue weighted by atomic mass is 32.2. The lowest BCUT2D eigenvalue weighted by Gasteiger charge is -2.19. The largest absolute Gasteiger partial charge is 0.335 e. The van der Waals surface area contributed by atoms with Gasteiger partial charge in [0, 0.05) is 34.8 Å². The van der Waals surface area contributed by atoms with Crippen LogP contribution < -0.4 is 24.2 Å². The molecule has 0 saturated heterocycles. The van der Waals surface area contributed by atoms with E-state index in [1.165, 1.54) is 42.3 Å². The molecule has 3 heterocycles. The second-order valence-corrected chi connectivity index (χ2v) is 12.9. The van der Waals surface area contributed by atoms with E-state index >= 15 is 0 Å². The van der Waals surface area contributed by atoms with Crippen molar-refractivity contribution in [3.8, 4) is 0 Å². The Labute approximate surface area is 244 Å². The summed E-state index contributed by atoms with van der Waals surface area (Å²) in [5.74, 6) is 0. The van der Waals surface area contributed by atoms with E-state index in [1.807, 2.05) is 17.6 Å². The fourth-order valence-corrected chi connectivity index (χ4v) is 9.03. The molecule has 7 heteroatoms. The van der Waals surface area contributed by atoms with Crippen LogP contribution in [0.5, 0.6) is 0 Å². The average Bonchev–Trinajstić information content (AvgIpc) is 3.62. The molecule has 0 radical (unpaired) electrons. The molecule has 0 fully saturated rings. The average molecular weight is 579 g/mol. The van der Waals surface area contributed by atoms with Gasteiger partial charge in [-0.15, -0.1) is 11.3 Å². The summed E-state index contributed by atoms with van der Waals surface area (Å²) < 4.78 is 7.13. The summed E-state index contributed by atoms with van der Waals surface area (Å²) in [4.78, 5) is 17.1. The molecule has 0 aliphatic carbocycles. The highest BCUT2D eigenvalue weighted by Gasteiger charge is 2.25. The van der Waals surface area contributed by atoms with Crippen molar-refractivity contribution in [2.45, 2.75) is 25.3 Å². The Morgan fingerprint density at radius 1 is 0.825 bits per heavy atom. The zero-order valence-electron chi connectivity index (χ0n) is 22.5. The number of aromatic nitrogens is 2. The molecule has 1 aliphatic rings. The Morgan fingerprint density at radius 3 is 2.33 bits per heavy atom. The first-order valence-corrected chi connectivity index (χ1v) is 15.9. The second-order valence-electron chi connectivity index (χ2n) is 9.78. The van der Waals surface area contributed by atoms with E-state index in [2.05, 4.69) is 108 Å². The number of aryl methyl sites for hydroxylation is 1. The van der Waals surface area contributed by atoms with Gasteiger partial charge in [-0.05, 0) is 48.9 Å². The van der Waals surface area contributed by atoms with E-state index in [0.29, 0.717) is 6.54 Å². The number of benzene rings is 4. The zero-order valence-corrected chi connectivity index (χ0v) is 25.0. The number of thioether (sulfide) groups is 1. The molecule has 40 heavy (non-hydrogen) atoms. The number of allylic oxidation sites excluding steroid dienone is 1. The van der Waals surface area contributed by atoms with E-state index in [-0.39, 0.29) is 5.56 Å². The van der Waals surface area contributed by atoms with Crippen LogP contribution in [0.3, 0.4) is 0 Å². The van der Waals surface area contributed by atoms with Crippen LogP contribution in [-0.2, 0) is 13.6 Å². The summed E-state index contributed by atoms with van der Waals surface area (Å²) in [6.07, 6.45) is 6.30. The summed E-state index contributed by atoms with van der Waals surface area (Å²) in [6.45, 7) is 5.73. The first-order chi connectivity index (χ1) is 19.6. The van der Waals surface area contributed by atoms with Gasteiger partial charge < -0.3 is 4.90 Å². The van der Waals surface area contributed by atoms with Crippen molar-refractivity contribution in [1.82, 2.24) is 4.57 Å². The number of hydrogen-bond donors (Lipinski definition) is 0. The van der Waals surface area contributed by atoms with Crippen LogP contribution in [0.1, 0.15) is 18.9 Å². The maximum Gasteiger partial charge on any atom is 0.269 e. The van der Waals surface area contributed by atoms with Gasteiger partial charge >= 0.3 is 0 Å². The molecule has 0 atom stereocenters. The van der Waals surface area contributed by atoms with Crippen molar-refractivity contribution in [3.63, 3.8) is 0 Å². The third-order valence-electron chi connectivity index (χ3n) is 7.56. The first-order valence-electron chi connectivity index (χ1n) is 13.5. The summed E-state index contributed by atoms with van der Waals surface area (Å²) in [6, 6.07) is 25.9. The second kappa shape index (κ2) is 10.1. The zero-order chi connectivity index (χ0) is 27.4. The number of nitrogens with zero attached hydrogens (tertiary/aromatic N) is 3. The predicted octanol–water partition coefficient (Wildman–Crippen LogP) is 6.36. The van der Waals surface area contributed by atoms with Crippen molar-refractivity contribution in [2.75, 3.05) is 11.4 Å². The van der Waals surface area contributed by atoms with Crippen LogP contribution >= 0.6 is 34.4 Å². The van der Waals surface area contributed by atoms with Crippen molar-refractivity contribution in [2.24, 2.45) is 7.05 Å². The topological polar surface area (TPSA) is 29.1 Å². The molecule has 0 saturated carbocycles. The highest BCUT2D eigenvalue weighted by molar-refractivity contribution is 8.03.